The van der Waals surface area contributed by atoms with Crippen molar-refractivity contribution >= 4 is 0 Å². The molecule has 0 aliphatic heterocycles. The van der Waals surface area contributed by atoms with Gasteiger partial charge in [-0.3, -0.25) is 0 Å². The second-order valence-corrected chi connectivity index (χ2v) is 11.5. The van der Waals surface area contributed by atoms with Crippen LogP contribution in [0.3, 0.4) is 0 Å². The van der Waals surface area contributed by atoms with Crippen LogP contribution in [0.25, 0.3) is 0 Å². The molecule has 0 radical (unpaired) electrons. The molecule has 1 heteroatoms. The largest absolute Gasteiger partial charge is 0.393 e. The molecule has 1 nitrogen and oxygen atoms in total. The molecule has 0 aromatic rings. The summed E-state index contributed by atoms with van der Waals surface area (Å²) in [5, 5.41) is 10.5. The lowest BCUT2D eigenvalue weighted by molar-refractivity contribution is -0.164. The molecule has 4 aliphatic rings. The van der Waals surface area contributed by atoms with E-state index in [-0.39, 0.29) is 6.10 Å². The molecule has 4 fully saturated rings. The summed E-state index contributed by atoms with van der Waals surface area (Å²) in [6.07, 6.45) is 12.7. The Bertz CT molecular complexity index is 498. The van der Waals surface area contributed by atoms with Gasteiger partial charge in [0.25, 0.3) is 0 Å². The highest BCUT2D eigenvalue weighted by molar-refractivity contribution is 5.08. The monoisotopic (exact) mass is 346 g/mol. The molecule has 0 amide bonds. The molecule has 0 aromatic heterocycles. The lowest BCUT2D eigenvalue weighted by Gasteiger charge is -2.64. The molecule has 25 heavy (non-hydrogen) atoms. The molecule has 0 spiro atoms. The van der Waals surface area contributed by atoms with Crippen molar-refractivity contribution in [2.45, 2.75) is 98.5 Å². The van der Waals surface area contributed by atoms with Crippen LogP contribution in [0.2, 0.25) is 0 Å². The van der Waals surface area contributed by atoms with Crippen LogP contribution in [0.4, 0.5) is 0 Å². The lowest BCUT2D eigenvalue weighted by atomic mass is 9.41. The number of aliphatic hydroxyl groups is 1. The van der Waals surface area contributed by atoms with Crippen molar-refractivity contribution in [1.82, 2.24) is 0 Å². The number of aliphatic hydroxyl groups excluding tert-OH is 1. The van der Waals surface area contributed by atoms with E-state index in [1.165, 1.54) is 57.8 Å². The average molecular weight is 347 g/mol. The molecule has 0 bridgehead atoms. The van der Waals surface area contributed by atoms with Crippen LogP contribution in [-0.4, -0.2) is 11.2 Å². The van der Waals surface area contributed by atoms with Crippen LogP contribution in [0, 0.1) is 52.3 Å². The zero-order valence-electron chi connectivity index (χ0n) is 17.4. The van der Waals surface area contributed by atoms with Crippen molar-refractivity contribution in [3.05, 3.63) is 0 Å². The Morgan fingerprint density at radius 3 is 2.32 bits per heavy atom. The van der Waals surface area contributed by atoms with E-state index in [2.05, 4.69) is 34.6 Å². The first-order chi connectivity index (χ1) is 11.8. The standard InChI is InChI=1S/C24H42O/c1-15-6-8-21-18-11-13-24(5)20(17(3)25)9-7-16(2)22(24)19(18)10-12-23(21,4)14-15/h15-22,25H,6-14H2,1-5H3/t15?,16-,17?,18?,19?,20-,21?,22?,23?,24?/m1/s1. The van der Waals surface area contributed by atoms with Crippen LogP contribution in [0.5, 0.6) is 0 Å². The molecule has 4 saturated carbocycles. The molecule has 4 rings (SSSR count). The summed E-state index contributed by atoms with van der Waals surface area (Å²) in [5.74, 6) is 6.13. The third-order valence-electron chi connectivity index (χ3n) is 10.0. The van der Waals surface area contributed by atoms with Gasteiger partial charge in [-0.1, -0.05) is 40.5 Å². The fraction of sp³-hybridized carbons (Fsp3) is 1.00. The summed E-state index contributed by atoms with van der Waals surface area (Å²) in [4.78, 5) is 0. The number of hydrogen-bond donors (Lipinski definition) is 1. The summed E-state index contributed by atoms with van der Waals surface area (Å²) in [7, 11) is 0. The van der Waals surface area contributed by atoms with Gasteiger partial charge in [0.2, 0.25) is 0 Å². The summed E-state index contributed by atoms with van der Waals surface area (Å²) in [6, 6.07) is 0. The van der Waals surface area contributed by atoms with E-state index in [4.69, 9.17) is 0 Å². The first-order valence-electron chi connectivity index (χ1n) is 11.4. The molecule has 0 saturated heterocycles. The maximum atomic E-state index is 10.5. The summed E-state index contributed by atoms with van der Waals surface area (Å²) >= 11 is 0. The minimum atomic E-state index is -0.124. The smallest absolute Gasteiger partial charge is 0.0545 e. The van der Waals surface area contributed by atoms with Gasteiger partial charge < -0.3 is 5.11 Å². The first-order valence-corrected chi connectivity index (χ1v) is 11.4. The molecular formula is C24H42O. The van der Waals surface area contributed by atoms with Crippen molar-refractivity contribution in [1.29, 1.82) is 0 Å². The zero-order valence-corrected chi connectivity index (χ0v) is 17.4. The van der Waals surface area contributed by atoms with Crippen molar-refractivity contribution in [3.8, 4) is 0 Å². The van der Waals surface area contributed by atoms with Gasteiger partial charge in [-0.15, -0.1) is 0 Å². The van der Waals surface area contributed by atoms with Crippen LogP contribution in [-0.2, 0) is 0 Å². The molecule has 144 valence electrons. The second-order valence-electron chi connectivity index (χ2n) is 11.5. The van der Waals surface area contributed by atoms with Gasteiger partial charge in [-0.05, 0) is 104 Å². The quantitative estimate of drug-likeness (QED) is 0.591. The van der Waals surface area contributed by atoms with Gasteiger partial charge in [-0.2, -0.15) is 0 Å². The van der Waals surface area contributed by atoms with Gasteiger partial charge in [0.15, 0.2) is 0 Å². The fourth-order valence-corrected chi connectivity index (χ4v) is 9.13. The van der Waals surface area contributed by atoms with E-state index in [0.29, 0.717) is 16.7 Å². The molecule has 8 unspecified atom stereocenters. The Hall–Kier alpha value is -0.0400. The predicted octanol–water partition coefficient (Wildman–Crippen LogP) is 6.30. The number of rotatable bonds is 1. The lowest BCUT2D eigenvalue weighted by Crippen LogP contribution is -2.58. The van der Waals surface area contributed by atoms with E-state index in [1.807, 2.05) is 0 Å². The number of hydrogen-bond acceptors (Lipinski definition) is 1. The van der Waals surface area contributed by atoms with Crippen LogP contribution >= 0.6 is 0 Å². The van der Waals surface area contributed by atoms with E-state index >= 15 is 0 Å². The minimum absolute atomic E-state index is 0.124. The highest BCUT2D eigenvalue weighted by Gasteiger charge is 2.59. The molecule has 10 atom stereocenters. The Labute approximate surface area is 156 Å². The van der Waals surface area contributed by atoms with Gasteiger partial charge in [-0.25, -0.2) is 0 Å². The Kier molecular flexibility index (Phi) is 4.58. The first kappa shape index (κ1) is 18.3. The SMILES string of the molecule is CC1CCC2C3CCC4(C)C(C3CCC2(C)C1)[C@H](C)CC[C@@H]4C(C)O. The predicted molar refractivity (Wildman–Crippen MR) is 105 cm³/mol. The third-order valence-corrected chi connectivity index (χ3v) is 10.0. The van der Waals surface area contributed by atoms with Gasteiger partial charge >= 0.3 is 0 Å². The fourth-order valence-electron chi connectivity index (χ4n) is 9.13. The Morgan fingerprint density at radius 1 is 0.880 bits per heavy atom. The summed E-state index contributed by atoms with van der Waals surface area (Å²) in [5.41, 5.74) is 1.02. The molecule has 0 aromatic carbocycles. The summed E-state index contributed by atoms with van der Waals surface area (Å²) < 4.78 is 0. The molecule has 0 heterocycles. The third kappa shape index (κ3) is 2.74. The average Bonchev–Trinajstić information content (AvgIpc) is 2.52. The van der Waals surface area contributed by atoms with Crippen molar-refractivity contribution in [2.24, 2.45) is 52.3 Å². The Morgan fingerprint density at radius 2 is 1.60 bits per heavy atom. The van der Waals surface area contributed by atoms with Crippen LogP contribution in [0.15, 0.2) is 0 Å². The summed E-state index contributed by atoms with van der Waals surface area (Å²) in [6.45, 7) is 12.3. The minimum Gasteiger partial charge on any atom is -0.393 e. The van der Waals surface area contributed by atoms with E-state index < -0.39 is 0 Å². The van der Waals surface area contributed by atoms with E-state index in [9.17, 15) is 5.11 Å². The Balaban J connectivity index is 1.64. The van der Waals surface area contributed by atoms with Gasteiger partial charge in [0.05, 0.1) is 6.10 Å². The maximum Gasteiger partial charge on any atom is 0.0545 e. The van der Waals surface area contributed by atoms with E-state index in [0.717, 1.165) is 35.5 Å². The maximum absolute atomic E-state index is 10.5. The van der Waals surface area contributed by atoms with Crippen molar-refractivity contribution in [2.75, 3.05) is 0 Å². The highest BCUT2D eigenvalue weighted by atomic mass is 16.3. The van der Waals surface area contributed by atoms with Gasteiger partial charge in [0.1, 0.15) is 0 Å². The van der Waals surface area contributed by atoms with E-state index in [1.54, 1.807) is 0 Å². The molecular weight excluding hydrogens is 304 g/mol. The van der Waals surface area contributed by atoms with Crippen molar-refractivity contribution < 1.29 is 5.11 Å². The highest BCUT2D eigenvalue weighted by Crippen LogP contribution is 2.67. The van der Waals surface area contributed by atoms with Crippen molar-refractivity contribution in [3.63, 3.8) is 0 Å². The normalized spacial score (nSPS) is 57.1. The zero-order chi connectivity index (χ0) is 18.0. The van der Waals surface area contributed by atoms with Crippen LogP contribution in [0.1, 0.15) is 92.4 Å². The molecule has 1 N–H and O–H groups in total. The molecule has 4 aliphatic carbocycles. The topological polar surface area (TPSA) is 20.2 Å². The van der Waals surface area contributed by atoms with Gasteiger partial charge in [0, 0.05) is 0 Å². The van der Waals surface area contributed by atoms with Crippen LogP contribution < -0.4 is 0 Å². The second kappa shape index (κ2) is 6.25. The number of fused-ring (bicyclic) bond motifs is 5.